The second-order valence-corrected chi connectivity index (χ2v) is 9.75. The van der Waals surface area contributed by atoms with Crippen molar-refractivity contribution in [2.75, 3.05) is 17.3 Å². The normalized spacial score (nSPS) is 14.7. The standard InChI is InChI=1S/C19H16BrFN2O5S/c1-29(27,28)9-8-16(17(24)22-15-7-6-11(20)10-14(15)21)23-18(25)12-4-2-3-5-13(12)19(23)26/h2-7,10,16H,8-9H2,1H3,(H,22,24). The number of amides is 3. The summed E-state index contributed by atoms with van der Waals surface area (Å²) in [6.07, 6.45) is 0.674. The average Bonchev–Trinajstić information content (AvgIpc) is 2.89. The molecule has 1 heterocycles. The smallest absolute Gasteiger partial charge is 0.262 e. The van der Waals surface area contributed by atoms with Crippen molar-refractivity contribution < 1.29 is 27.2 Å². The van der Waals surface area contributed by atoms with Gasteiger partial charge in [-0.05, 0) is 36.8 Å². The van der Waals surface area contributed by atoms with E-state index in [4.69, 9.17) is 0 Å². The molecule has 0 bridgehead atoms. The van der Waals surface area contributed by atoms with Crippen LogP contribution in [0, 0.1) is 5.82 Å². The molecule has 1 N–H and O–H groups in total. The Morgan fingerprint density at radius 3 is 2.24 bits per heavy atom. The zero-order valence-electron chi connectivity index (χ0n) is 15.2. The van der Waals surface area contributed by atoms with E-state index in [1.165, 1.54) is 24.3 Å². The van der Waals surface area contributed by atoms with Crippen molar-refractivity contribution in [2.24, 2.45) is 0 Å². The van der Waals surface area contributed by atoms with Crippen molar-refractivity contribution in [2.45, 2.75) is 12.5 Å². The molecule has 7 nitrogen and oxygen atoms in total. The number of nitrogens with zero attached hydrogens (tertiary/aromatic N) is 1. The van der Waals surface area contributed by atoms with Gasteiger partial charge >= 0.3 is 0 Å². The molecule has 3 amide bonds. The zero-order valence-corrected chi connectivity index (χ0v) is 17.6. The van der Waals surface area contributed by atoms with Crippen molar-refractivity contribution in [3.05, 3.63) is 63.9 Å². The number of anilines is 1. The van der Waals surface area contributed by atoms with E-state index in [9.17, 15) is 27.2 Å². The summed E-state index contributed by atoms with van der Waals surface area (Å²) in [6, 6.07) is 8.61. The third kappa shape index (κ3) is 4.54. The SMILES string of the molecule is CS(=O)(=O)CCC(C(=O)Nc1ccc(Br)cc1F)N1C(=O)c2ccccc2C1=O. The summed E-state index contributed by atoms with van der Waals surface area (Å²) < 4.78 is 37.8. The minimum atomic E-state index is -3.48. The number of hydrogen-bond acceptors (Lipinski definition) is 5. The molecule has 1 atom stereocenters. The first-order chi connectivity index (χ1) is 13.6. The van der Waals surface area contributed by atoms with Crippen LogP contribution in [0.25, 0.3) is 0 Å². The predicted octanol–water partition coefficient (Wildman–Crippen LogP) is 2.63. The Morgan fingerprint density at radius 1 is 1.14 bits per heavy atom. The molecule has 2 aromatic rings. The van der Waals surface area contributed by atoms with Gasteiger partial charge in [0.25, 0.3) is 11.8 Å². The highest BCUT2D eigenvalue weighted by Crippen LogP contribution is 2.27. The van der Waals surface area contributed by atoms with Crippen molar-refractivity contribution in [1.82, 2.24) is 4.90 Å². The molecule has 0 saturated carbocycles. The highest BCUT2D eigenvalue weighted by molar-refractivity contribution is 9.10. The van der Waals surface area contributed by atoms with Gasteiger partial charge in [0.05, 0.1) is 22.6 Å². The summed E-state index contributed by atoms with van der Waals surface area (Å²) in [7, 11) is -3.48. The van der Waals surface area contributed by atoms with Crippen molar-refractivity contribution in [3.63, 3.8) is 0 Å². The second-order valence-electron chi connectivity index (χ2n) is 6.57. The minimum Gasteiger partial charge on any atom is -0.322 e. The lowest BCUT2D eigenvalue weighted by Gasteiger charge is -2.25. The number of fused-ring (bicyclic) bond motifs is 1. The van der Waals surface area contributed by atoms with Crippen LogP contribution in [0.2, 0.25) is 0 Å². The fourth-order valence-electron chi connectivity index (χ4n) is 3.00. The Labute approximate surface area is 174 Å². The first kappa shape index (κ1) is 21.1. The summed E-state index contributed by atoms with van der Waals surface area (Å²) in [6.45, 7) is 0. The van der Waals surface area contributed by atoms with Crippen molar-refractivity contribution in [1.29, 1.82) is 0 Å². The molecule has 0 saturated heterocycles. The molecule has 1 aliphatic heterocycles. The second kappa shape index (κ2) is 8.03. The Kier molecular flexibility index (Phi) is 5.85. The van der Waals surface area contributed by atoms with E-state index >= 15 is 0 Å². The maximum Gasteiger partial charge on any atom is 0.262 e. The number of rotatable bonds is 6. The fraction of sp³-hybridized carbons (Fsp3) is 0.211. The van der Waals surface area contributed by atoms with Gasteiger partial charge in [-0.15, -0.1) is 0 Å². The molecule has 0 aromatic heterocycles. The lowest BCUT2D eigenvalue weighted by Crippen LogP contribution is -2.48. The molecule has 1 unspecified atom stereocenters. The zero-order chi connectivity index (χ0) is 21.3. The molecule has 3 rings (SSSR count). The van der Waals surface area contributed by atoms with Crippen molar-refractivity contribution >= 4 is 49.2 Å². The molecule has 1 aliphatic rings. The van der Waals surface area contributed by atoms with Gasteiger partial charge in [-0.2, -0.15) is 0 Å². The molecule has 2 aromatic carbocycles. The van der Waals surface area contributed by atoms with Gasteiger partial charge in [-0.1, -0.05) is 28.1 Å². The van der Waals surface area contributed by atoms with Gasteiger partial charge in [0.1, 0.15) is 21.7 Å². The number of carbonyl (C=O) groups excluding carboxylic acids is 3. The van der Waals surface area contributed by atoms with Crippen LogP contribution in [0.1, 0.15) is 27.1 Å². The summed E-state index contributed by atoms with van der Waals surface area (Å²) in [5, 5.41) is 2.34. The number of sulfone groups is 1. The monoisotopic (exact) mass is 482 g/mol. The number of carbonyl (C=O) groups is 3. The van der Waals surface area contributed by atoms with E-state index in [-0.39, 0.29) is 23.2 Å². The van der Waals surface area contributed by atoms with Crippen LogP contribution < -0.4 is 5.32 Å². The van der Waals surface area contributed by atoms with E-state index < -0.39 is 45.2 Å². The van der Waals surface area contributed by atoms with Crippen LogP contribution in [0.5, 0.6) is 0 Å². The molecular formula is C19H16BrFN2O5S. The summed E-state index contributed by atoms with van der Waals surface area (Å²) in [5.74, 6) is -3.41. The Bertz CT molecular complexity index is 1080. The first-order valence-electron chi connectivity index (χ1n) is 8.49. The Morgan fingerprint density at radius 2 is 1.72 bits per heavy atom. The molecule has 29 heavy (non-hydrogen) atoms. The van der Waals surface area contributed by atoms with Gasteiger partial charge in [0.2, 0.25) is 5.91 Å². The maximum atomic E-state index is 14.1. The van der Waals surface area contributed by atoms with Gasteiger partial charge in [0.15, 0.2) is 0 Å². The number of halogens is 2. The quantitative estimate of drug-likeness (QED) is 0.637. The molecule has 152 valence electrons. The molecule has 0 spiro atoms. The van der Waals surface area contributed by atoms with Gasteiger partial charge in [0, 0.05) is 10.7 Å². The highest BCUT2D eigenvalue weighted by atomic mass is 79.9. The largest absolute Gasteiger partial charge is 0.322 e. The van der Waals surface area contributed by atoms with Crippen LogP contribution in [-0.2, 0) is 14.6 Å². The number of imide groups is 1. The van der Waals surface area contributed by atoms with E-state index in [0.717, 1.165) is 17.2 Å². The Hall–Kier alpha value is -2.59. The van der Waals surface area contributed by atoms with Crippen LogP contribution >= 0.6 is 15.9 Å². The van der Waals surface area contributed by atoms with E-state index in [0.29, 0.717) is 4.47 Å². The van der Waals surface area contributed by atoms with Crippen LogP contribution in [0.3, 0.4) is 0 Å². The van der Waals surface area contributed by atoms with E-state index in [1.807, 2.05) is 0 Å². The molecule has 0 radical (unpaired) electrons. The lowest BCUT2D eigenvalue weighted by atomic mass is 10.1. The predicted molar refractivity (Wildman–Crippen MR) is 108 cm³/mol. The fourth-order valence-corrected chi connectivity index (χ4v) is 3.99. The van der Waals surface area contributed by atoms with Crippen molar-refractivity contribution in [3.8, 4) is 0 Å². The van der Waals surface area contributed by atoms with E-state index in [1.54, 1.807) is 12.1 Å². The van der Waals surface area contributed by atoms with Crippen LogP contribution in [0.4, 0.5) is 10.1 Å². The van der Waals surface area contributed by atoms with E-state index in [2.05, 4.69) is 21.2 Å². The van der Waals surface area contributed by atoms with Gasteiger partial charge < -0.3 is 5.32 Å². The molecule has 0 aliphatic carbocycles. The van der Waals surface area contributed by atoms with Crippen LogP contribution in [0.15, 0.2) is 46.9 Å². The number of nitrogens with one attached hydrogen (secondary N) is 1. The number of hydrogen-bond donors (Lipinski definition) is 1. The number of benzene rings is 2. The summed E-state index contributed by atoms with van der Waals surface area (Å²) in [5.41, 5.74) is 0.105. The first-order valence-corrected chi connectivity index (χ1v) is 11.3. The van der Waals surface area contributed by atoms with Crippen LogP contribution in [-0.4, -0.2) is 49.1 Å². The minimum absolute atomic E-state index is 0.129. The lowest BCUT2D eigenvalue weighted by molar-refractivity contribution is -0.120. The molecule has 0 fully saturated rings. The topological polar surface area (TPSA) is 101 Å². The third-order valence-corrected chi connectivity index (χ3v) is 5.86. The molecule has 10 heteroatoms. The van der Waals surface area contributed by atoms with Gasteiger partial charge in [-0.3, -0.25) is 19.3 Å². The summed E-state index contributed by atoms with van der Waals surface area (Å²) >= 11 is 3.11. The molecular weight excluding hydrogens is 467 g/mol. The average molecular weight is 483 g/mol. The van der Waals surface area contributed by atoms with Gasteiger partial charge in [-0.25, -0.2) is 12.8 Å². The summed E-state index contributed by atoms with van der Waals surface area (Å²) in [4.78, 5) is 39.1. The third-order valence-electron chi connectivity index (χ3n) is 4.39. The highest BCUT2D eigenvalue weighted by Gasteiger charge is 2.42. The Balaban J connectivity index is 1.93. The maximum absolute atomic E-state index is 14.1.